The molecule has 0 atom stereocenters. The SMILES string of the molecule is CCC(CC)N(CC(C)C)c1nc(C)cc(C#N)n1. The van der Waals surface area contributed by atoms with Gasteiger partial charge in [0.05, 0.1) is 0 Å². The summed E-state index contributed by atoms with van der Waals surface area (Å²) in [4.78, 5) is 11.1. The molecule has 0 saturated carbocycles. The second kappa shape index (κ2) is 7.08. The summed E-state index contributed by atoms with van der Waals surface area (Å²) in [5, 5.41) is 9.04. The van der Waals surface area contributed by atoms with Crippen LogP contribution in [0.25, 0.3) is 0 Å². The molecule has 1 aromatic rings. The van der Waals surface area contributed by atoms with Crippen molar-refractivity contribution in [2.45, 2.75) is 53.5 Å². The maximum Gasteiger partial charge on any atom is 0.227 e. The van der Waals surface area contributed by atoms with Crippen LogP contribution in [0.3, 0.4) is 0 Å². The van der Waals surface area contributed by atoms with Crippen molar-refractivity contribution in [2.24, 2.45) is 5.92 Å². The van der Waals surface area contributed by atoms with Crippen molar-refractivity contribution in [3.63, 3.8) is 0 Å². The lowest BCUT2D eigenvalue weighted by Gasteiger charge is -2.32. The van der Waals surface area contributed by atoms with Crippen LogP contribution in [0, 0.1) is 24.2 Å². The van der Waals surface area contributed by atoms with Crippen LogP contribution in [0.5, 0.6) is 0 Å². The maximum absolute atomic E-state index is 9.04. The lowest BCUT2D eigenvalue weighted by atomic mass is 10.1. The Balaban J connectivity index is 3.16. The van der Waals surface area contributed by atoms with Gasteiger partial charge in [-0.05, 0) is 31.7 Å². The molecule has 19 heavy (non-hydrogen) atoms. The van der Waals surface area contributed by atoms with E-state index >= 15 is 0 Å². The number of hydrogen-bond donors (Lipinski definition) is 0. The fraction of sp³-hybridized carbons (Fsp3) is 0.667. The van der Waals surface area contributed by atoms with Crippen LogP contribution in [0.1, 0.15) is 51.9 Å². The first kappa shape index (κ1) is 15.4. The molecule has 1 aromatic heterocycles. The van der Waals surface area contributed by atoms with Crippen molar-refractivity contribution in [3.8, 4) is 6.07 Å². The predicted molar refractivity (Wildman–Crippen MR) is 78.0 cm³/mol. The monoisotopic (exact) mass is 260 g/mol. The van der Waals surface area contributed by atoms with Crippen LogP contribution in [0.4, 0.5) is 5.95 Å². The molecule has 0 aliphatic carbocycles. The third-order valence-corrected chi connectivity index (χ3v) is 3.16. The van der Waals surface area contributed by atoms with E-state index in [2.05, 4.69) is 48.6 Å². The lowest BCUT2D eigenvalue weighted by Crippen LogP contribution is -2.38. The average molecular weight is 260 g/mol. The summed E-state index contributed by atoms with van der Waals surface area (Å²) in [5.41, 5.74) is 1.29. The zero-order valence-corrected chi connectivity index (χ0v) is 12.6. The molecule has 104 valence electrons. The second-order valence-electron chi connectivity index (χ2n) is 5.32. The average Bonchev–Trinajstić information content (AvgIpc) is 2.37. The van der Waals surface area contributed by atoms with Gasteiger partial charge in [0.15, 0.2) is 0 Å². The van der Waals surface area contributed by atoms with Gasteiger partial charge in [-0.3, -0.25) is 0 Å². The topological polar surface area (TPSA) is 52.8 Å². The first-order valence-corrected chi connectivity index (χ1v) is 7.04. The Hall–Kier alpha value is -1.63. The van der Waals surface area contributed by atoms with Crippen LogP contribution in [-0.2, 0) is 0 Å². The van der Waals surface area contributed by atoms with Crippen molar-refractivity contribution in [1.29, 1.82) is 5.26 Å². The van der Waals surface area contributed by atoms with E-state index in [1.807, 2.05) is 6.92 Å². The fourth-order valence-corrected chi connectivity index (χ4v) is 2.26. The summed E-state index contributed by atoms with van der Waals surface area (Å²) in [7, 11) is 0. The maximum atomic E-state index is 9.04. The van der Waals surface area contributed by atoms with Gasteiger partial charge in [0.1, 0.15) is 11.8 Å². The smallest absolute Gasteiger partial charge is 0.227 e. The van der Waals surface area contributed by atoms with E-state index in [0.29, 0.717) is 23.6 Å². The van der Waals surface area contributed by atoms with Crippen molar-refractivity contribution >= 4 is 5.95 Å². The Morgan fingerprint density at radius 3 is 2.37 bits per heavy atom. The third-order valence-electron chi connectivity index (χ3n) is 3.16. The normalized spacial score (nSPS) is 10.8. The molecule has 1 heterocycles. The van der Waals surface area contributed by atoms with E-state index in [0.717, 1.165) is 25.1 Å². The Bertz CT molecular complexity index is 444. The zero-order chi connectivity index (χ0) is 14.4. The van der Waals surface area contributed by atoms with E-state index < -0.39 is 0 Å². The summed E-state index contributed by atoms with van der Waals surface area (Å²) in [6, 6.07) is 4.27. The van der Waals surface area contributed by atoms with E-state index in [1.54, 1.807) is 6.07 Å². The first-order valence-electron chi connectivity index (χ1n) is 7.04. The minimum atomic E-state index is 0.427. The molecular formula is C15H24N4. The second-order valence-corrected chi connectivity index (χ2v) is 5.32. The van der Waals surface area contributed by atoms with Gasteiger partial charge in [-0.15, -0.1) is 0 Å². The van der Waals surface area contributed by atoms with Crippen molar-refractivity contribution in [1.82, 2.24) is 9.97 Å². The summed E-state index contributed by atoms with van der Waals surface area (Å²) in [6.07, 6.45) is 2.12. The van der Waals surface area contributed by atoms with Gasteiger partial charge < -0.3 is 4.90 Å². The number of rotatable bonds is 6. The zero-order valence-electron chi connectivity index (χ0n) is 12.6. The highest BCUT2D eigenvalue weighted by molar-refractivity contribution is 5.37. The molecule has 0 N–H and O–H groups in total. The molecule has 0 amide bonds. The third kappa shape index (κ3) is 4.20. The fourth-order valence-electron chi connectivity index (χ4n) is 2.26. The predicted octanol–water partition coefficient (Wildman–Crippen LogP) is 3.31. The molecule has 0 bridgehead atoms. The number of hydrogen-bond acceptors (Lipinski definition) is 4. The Labute approximate surface area is 116 Å². The Morgan fingerprint density at radius 2 is 1.89 bits per heavy atom. The van der Waals surface area contributed by atoms with E-state index in [1.165, 1.54) is 0 Å². The van der Waals surface area contributed by atoms with Crippen LogP contribution in [0.2, 0.25) is 0 Å². The molecule has 4 heteroatoms. The van der Waals surface area contributed by atoms with Gasteiger partial charge in [-0.25, -0.2) is 9.97 Å². The highest BCUT2D eigenvalue weighted by Crippen LogP contribution is 2.19. The van der Waals surface area contributed by atoms with Crippen molar-refractivity contribution < 1.29 is 0 Å². The molecule has 0 saturated heterocycles. The minimum Gasteiger partial charge on any atom is -0.338 e. The summed E-state index contributed by atoms with van der Waals surface area (Å²) in [6.45, 7) is 11.6. The largest absolute Gasteiger partial charge is 0.338 e. The van der Waals surface area contributed by atoms with Crippen LogP contribution < -0.4 is 4.90 Å². The molecule has 0 spiro atoms. The number of aromatic nitrogens is 2. The van der Waals surface area contributed by atoms with E-state index in [-0.39, 0.29) is 0 Å². The van der Waals surface area contributed by atoms with E-state index in [4.69, 9.17) is 5.26 Å². The van der Waals surface area contributed by atoms with Crippen molar-refractivity contribution in [2.75, 3.05) is 11.4 Å². The van der Waals surface area contributed by atoms with Gasteiger partial charge in [0.25, 0.3) is 0 Å². The highest BCUT2D eigenvalue weighted by Gasteiger charge is 2.20. The summed E-state index contributed by atoms with van der Waals surface area (Å²) < 4.78 is 0. The number of nitrogens with zero attached hydrogens (tertiary/aromatic N) is 4. The molecule has 0 fully saturated rings. The lowest BCUT2D eigenvalue weighted by molar-refractivity contribution is 0.498. The summed E-state index contributed by atoms with van der Waals surface area (Å²) >= 11 is 0. The van der Waals surface area contributed by atoms with Gasteiger partial charge in [0, 0.05) is 18.3 Å². The van der Waals surface area contributed by atoms with Gasteiger partial charge in [0.2, 0.25) is 5.95 Å². The molecule has 4 nitrogen and oxygen atoms in total. The molecule has 0 aliphatic heterocycles. The summed E-state index contributed by atoms with van der Waals surface area (Å²) in [5.74, 6) is 1.23. The number of nitriles is 1. The molecule has 0 aliphatic rings. The van der Waals surface area contributed by atoms with Gasteiger partial charge in [-0.2, -0.15) is 5.26 Å². The van der Waals surface area contributed by atoms with E-state index in [9.17, 15) is 0 Å². The van der Waals surface area contributed by atoms with Crippen molar-refractivity contribution in [3.05, 3.63) is 17.5 Å². The molecule has 0 aromatic carbocycles. The first-order chi connectivity index (χ1) is 9.01. The van der Waals surface area contributed by atoms with Gasteiger partial charge in [-0.1, -0.05) is 27.7 Å². The van der Waals surface area contributed by atoms with Gasteiger partial charge >= 0.3 is 0 Å². The standard InChI is InChI=1S/C15H24N4/c1-6-14(7-2)19(10-11(3)4)15-17-12(5)8-13(9-16)18-15/h8,11,14H,6-7,10H2,1-5H3. The molecular weight excluding hydrogens is 236 g/mol. The highest BCUT2D eigenvalue weighted by atomic mass is 15.3. The van der Waals surface area contributed by atoms with Crippen LogP contribution >= 0.6 is 0 Å². The van der Waals surface area contributed by atoms with Crippen LogP contribution in [0.15, 0.2) is 6.07 Å². The minimum absolute atomic E-state index is 0.427. The molecule has 0 radical (unpaired) electrons. The van der Waals surface area contributed by atoms with Crippen LogP contribution in [-0.4, -0.2) is 22.6 Å². The molecule has 1 rings (SSSR count). The number of aryl methyl sites for hydroxylation is 1. The molecule has 0 unspecified atom stereocenters. The number of anilines is 1. The Kier molecular flexibility index (Phi) is 5.75. The Morgan fingerprint density at radius 1 is 1.26 bits per heavy atom. The quantitative estimate of drug-likeness (QED) is 0.787.